The Morgan fingerprint density at radius 1 is 1.41 bits per heavy atom. The Morgan fingerprint density at radius 2 is 2.18 bits per heavy atom. The fraction of sp³-hybridized carbons (Fsp3) is 0.545. The lowest BCUT2D eigenvalue weighted by molar-refractivity contribution is -0.137. The summed E-state index contributed by atoms with van der Waals surface area (Å²) in [4.78, 5) is 10.6. The van der Waals surface area contributed by atoms with E-state index in [4.69, 9.17) is 16.3 Å². The average Bonchev–Trinajstić information content (AvgIpc) is 2.38. The SMILES string of the molecule is O=COC(c1ccc(Cl)nn1)C1CCNCC1. The zero-order chi connectivity index (χ0) is 12.1. The summed E-state index contributed by atoms with van der Waals surface area (Å²) in [5.41, 5.74) is 0.661. The molecule has 1 aliphatic heterocycles. The fourth-order valence-electron chi connectivity index (χ4n) is 2.11. The van der Waals surface area contributed by atoms with Gasteiger partial charge in [0.25, 0.3) is 6.47 Å². The van der Waals surface area contributed by atoms with E-state index < -0.39 is 0 Å². The number of piperidine rings is 1. The van der Waals surface area contributed by atoms with E-state index in [1.54, 1.807) is 12.1 Å². The van der Waals surface area contributed by atoms with Crippen LogP contribution in [-0.2, 0) is 9.53 Å². The lowest BCUT2D eigenvalue weighted by Gasteiger charge is -2.28. The van der Waals surface area contributed by atoms with Crippen molar-refractivity contribution in [3.63, 3.8) is 0 Å². The van der Waals surface area contributed by atoms with E-state index in [0.717, 1.165) is 25.9 Å². The molecule has 2 rings (SSSR count). The van der Waals surface area contributed by atoms with Crippen LogP contribution >= 0.6 is 11.6 Å². The second kappa shape index (κ2) is 5.93. The molecule has 2 heterocycles. The Kier molecular flexibility index (Phi) is 4.28. The maximum atomic E-state index is 10.6. The van der Waals surface area contributed by atoms with Crippen molar-refractivity contribution in [1.29, 1.82) is 0 Å². The Bertz CT molecular complexity index is 365. The largest absolute Gasteiger partial charge is 0.458 e. The van der Waals surface area contributed by atoms with Crippen LogP contribution in [0.4, 0.5) is 0 Å². The van der Waals surface area contributed by atoms with Crippen molar-refractivity contribution in [3.05, 3.63) is 23.0 Å². The second-order valence-electron chi connectivity index (χ2n) is 4.02. The van der Waals surface area contributed by atoms with Crippen molar-refractivity contribution in [2.24, 2.45) is 5.92 Å². The monoisotopic (exact) mass is 255 g/mol. The number of nitrogens with zero attached hydrogens (tertiary/aromatic N) is 2. The fourth-order valence-corrected chi connectivity index (χ4v) is 2.21. The standard InChI is InChI=1S/C11H14ClN3O2/c12-10-2-1-9(14-15-10)11(17-7-16)8-3-5-13-6-4-8/h1-2,7-8,11,13H,3-6H2. The van der Waals surface area contributed by atoms with E-state index in [1.807, 2.05) is 0 Å². The van der Waals surface area contributed by atoms with Crippen LogP contribution in [0.25, 0.3) is 0 Å². The molecule has 17 heavy (non-hydrogen) atoms. The molecule has 1 N–H and O–H groups in total. The van der Waals surface area contributed by atoms with Crippen molar-refractivity contribution < 1.29 is 9.53 Å². The number of hydrogen-bond acceptors (Lipinski definition) is 5. The lowest BCUT2D eigenvalue weighted by atomic mass is 9.90. The number of carbonyl (C=O) groups excluding carboxylic acids is 1. The van der Waals surface area contributed by atoms with Gasteiger partial charge >= 0.3 is 0 Å². The van der Waals surface area contributed by atoms with Gasteiger partial charge in [0.05, 0.1) is 0 Å². The van der Waals surface area contributed by atoms with E-state index in [1.165, 1.54) is 0 Å². The number of carbonyl (C=O) groups is 1. The highest BCUT2D eigenvalue weighted by molar-refractivity contribution is 6.29. The van der Waals surface area contributed by atoms with Gasteiger partial charge in [0.2, 0.25) is 0 Å². The molecule has 0 aromatic carbocycles. The molecule has 1 saturated heterocycles. The third-order valence-electron chi connectivity index (χ3n) is 2.96. The van der Waals surface area contributed by atoms with Gasteiger partial charge in [-0.25, -0.2) is 0 Å². The lowest BCUT2D eigenvalue weighted by Crippen LogP contribution is -2.32. The number of ether oxygens (including phenoxy) is 1. The normalized spacial score (nSPS) is 18.6. The molecular formula is C11H14ClN3O2. The molecule has 0 saturated carbocycles. The molecule has 5 nitrogen and oxygen atoms in total. The summed E-state index contributed by atoms with van der Waals surface area (Å²) in [7, 11) is 0. The van der Waals surface area contributed by atoms with Crippen molar-refractivity contribution in [2.75, 3.05) is 13.1 Å². The first-order valence-corrected chi connectivity index (χ1v) is 5.98. The average molecular weight is 256 g/mol. The van der Waals surface area contributed by atoms with Crippen molar-refractivity contribution in [3.8, 4) is 0 Å². The molecule has 1 atom stereocenters. The molecule has 0 bridgehead atoms. The summed E-state index contributed by atoms with van der Waals surface area (Å²) in [6, 6.07) is 3.41. The Hall–Kier alpha value is -1.20. The maximum absolute atomic E-state index is 10.6. The molecule has 1 fully saturated rings. The summed E-state index contributed by atoms with van der Waals surface area (Å²) >= 11 is 5.69. The third-order valence-corrected chi connectivity index (χ3v) is 3.16. The molecule has 0 aliphatic carbocycles. The zero-order valence-electron chi connectivity index (χ0n) is 9.30. The van der Waals surface area contributed by atoms with E-state index in [2.05, 4.69) is 15.5 Å². The molecule has 0 amide bonds. The molecule has 1 aromatic rings. The minimum Gasteiger partial charge on any atom is -0.458 e. The van der Waals surface area contributed by atoms with Gasteiger partial charge in [-0.05, 0) is 38.1 Å². The van der Waals surface area contributed by atoms with Crippen LogP contribution < -0.4 is 5.32 Å². The van der Waals surface area contributed by atoms with Gasteiger partial charge in [0.15, 0.2) is 5.15 Å². The first kappa shape index (κ1) is 12.3. The minimum absolute atomic E-state index is 0.289. The number of hydrogen-bond donors (Lipinski definition) is 1. The van der Waals surface area contributed by atoms with Gasteiger partial charge in [-0.2, -0.15) is 5.10 Å². The van der Waals surface area contributed by atoms with E-state index in [9.17, 15) is 4.79 Å². The van der Waals surface area contributed by atoms with Crippen LogP contribution in [0.2, 0.25) is 5.15 Å². The van der Waals surface area contributed by atoms with Gasteiger partial charge in [-0.1, -0.05) is 11.6 Å². The molecule has 92 valence electrons. The smallest absolute Gasteiger partial charge is 0.293 e. The van der Waals surface area contributed by atoms with Gasteiger partial charge in [-0.15, -0.1) is 5.10 Å². The van der Waals surface area contributed by atoms with Gasteiger partial charge < -0.3 is 10.1 Å². The number of halogens is 1. The van der Waals surface area contributed by atoms with Crippen LogP contribution in [0, 0.1) is 5.92 Å². The van der Waals surface area contributed by atoms with E-state index in [-0.39, 0.29) is 12.0 Å². The number of nitrogens with one attached hydrogen (secondary N) is 1. The van der Waals surface area contributed by atoms with E-state index in [0.29, 0.717) is 17.3 Å². The predicted octanol–water partition coefficient (Wildman–Crippen LogP) is 1.34. The van der Waals surface area contributed by atoms with Crippen molar-refractivity contribution in [2.45, 2.75) is 18.9 Å². The Morgan fingerprint density at radius 3 is 2.76 bits per heavy atom. The van der Waals surface area contributed by atoms with E-state index >= 15 is 0 Å². The summed E-state index contributed by atoms with van der Waals surface area (Å²) in [5.74, 6) is 0.289. The molecule has 6 heteroatoms. The van der Waals surface area contributed by atoms with Gasteiger partial charge in [0.1, 0.15) is 11.8 Å². The van der Waals surface area contributed by atoms with Crippen LogP contribution in [0.1, 0.15) is 24.6 Å². The van der Waals surface area contributed by atoms with Gasteiger partial charge in [0, 0.05) is 5.92 Å². The highest BCUT2D eigenvalue weighted by Crippen LogP contribution is 2.30. The van der Waals surface area contributed by atoms with Crippen LogP contribution in [0.15, 0.2) is 12.1 Å². The first-order chi connectivity index (χ1) is 8.31. The molecule has 1 unspecified atom stereocenters. The minimum atomic E-state index is -0.320. The molecule has 0 radical (unpaired) electrons. The molecule has 1 aliphatic rings. The summed E-state index contributed by atoms with van der Waals surface area (Å²) < 4.78 is 5.15. The van der Waals surface area contributed by atoms with Gasteiger partial charge in [-0.3, -0.25) is 4.79 Å². The number of rotatable bonds is 4. The Labute approximate surface area is 105 Å². The van der Waals surface area contributed by atoms with Crippen LogP contribution in [0.3, 0.4) is 0 Å². The maximum Gasteiger partial charge on any atom is 0.293 e. The summed E-state index contributed by atoms with van der Waals surface area (Å²) in [6.45, 7) is 2.35. The quantitative estimate of drug-likeness (QED) is 0.823. The highest BCUT2D eigenvalue weighted by atomic mass is 35.5. The van der Waals surface area contributed by atoms with Crippen molar-refractivity contribution >= 4 is 18.1 Å². The highest BCUT2D eigenvalue weighted by Gasteiger charge is 2.27. The predicted molar refractivity (Wildman–Crippen MR) is 62.5 cm³/mol. The molecule has 0 spiro atoms. The molecule has 1 aromatic heterocycles. The third kappa shape index (κ3) is 3.14. The second-order valence-corrected chi connectivity index (χ2v) is 4.41. The summed E-state index contributed by atoms with van der Waals surface area (Å²) in [5, 5.41) is 11.4. The zero-order valence-corrected chi connectivity index (χ0v) is 10.1. The first-order valence-electron chi connectivity index (χ1n) is 5.60. The topological polar surface area (TPSA) is 64.1 Å². The Balaban J connectivity index is 2.15. The van der Waals surface area contributed by atoms with Crippen LogP contribution in [-0.4, -0.2) is 29.8 Å². The summed E-state index contributed by atoms with van der Waals surface area (Å²) in [6.07, 6.45) is 1.60. The molecular weight excluding hydrogens is 242 g/mol. The van der Waals surface area contributed by atoms with Crippen molar-refractivity contribution in [1.82, 2.24) is 15.5 Å². The van der Waals surface area contributed by atoms with Crippen LogP contribution in [0.5, 0.6) is 0 Å². The number of aromatic nitrogens is 2.